The van der Waals surface area contributed by atoms with Crippen molar-refractivity contribution in [1.29, 1.82) is 0 Å². The van der Waals surface area contributed by atoms with E-state index in [0.29, 0.717) is 25.1 Å². The van der Waals surface area contributed by atoms with Crippen molar-refractivity contribution < 1.29 is 9.59 Å². The number of H-pyrrole nitrogens is 1. The highest BCUT2D eigenvalue weighted by Gasteiger charge is 2.31. The van der Waals surface area contributed by atoms with E-state index in [2.05, 4.69) is 4.98 Å². The molecule has 1 aliphatic heterocycles. The van der Waals surface area contributed by atoms with Crippen LogP contribution in [0.4, 0.5) is 0 Å². The number of nitrogens with one attached hydrogen (secondary N) is 1. The van der Waals surface area contributed by atoms with E-state index in [1.54, 1.807) is 4.90 Å². The first kappa shape index (κ1) is 14.8. The summed E-state index contributed by atoms with van der Waals surface area (Å²) in [5, 5.41) is 0.0267. The Hall–Kier alpha value is -1.56. The number of aromatic amines is 1. The molecule has 1 N–H and O–H groups in total. The molecule has 1 aromatic rings. The molecule has 0 aliphatic carbocycles. The maximum Gasteiger partial charge on any atom is 0.253 e. The quantitative estimate of drug-likeness (QED) is 0.914. The number of aromatic nitrogens is 1. The van der Waals surface area contributed by atoms with Crippen LogP contribution in [0, 0.1) is 13.8 Å². The standard InChI is InChI=1S/C14H18N2O3S/c1-8-4-9(2)15-14(19)12(8)7-16-6-11(5-13(16)18)20-10(3)17/h4,11H,5-7H2,1-3H3,(H,15,19). The van der Waals surface area contributed by atoms with E-state index in [1.807, 2.05) is 19.9 Å². The highest BCUT2D eigenvalue weighted by atomic mass is 32.2. The summed E-state index contributed by atoms with van der Waals surface area (Å²) >= 11 is 1.20. The summed E-state index contributed by atoms with van der Waals surface area (Å²) in [6, 6.07) is 1.90. The van der Waals surface area contributed by atoms with E-state index in [0.717, 1.165) is 11.3 Å². The van der Waals surface area contributed by atoms with Gasteiger partial charge in [0.2, 0.25) is 5.91 Å². The van der Waals surface area contributed by atoms with Gasteiger partial charge in [-0.25, -0.2) is 0 Å². The average Bonchev–Trinajstić information content (AvgIpc) is 2.63. The van der Waals surface area contributed by atoms with Gasteiger partial charge in [0.05, 0.1) is 6.54 Å². The normalized spacial score (nSPS) is 18.6. The Morgan fingerprint density at radius 1 is 1.45 bits per heavy atom. The van der Waals surface area contributed by atoms with Gasteiger partial charge in [-0.1, -0.05) is 11.8 Å². The van der Waals surface area contributed by atoms with Gasteiger partial charge in [0.1, 0.15) is 0 Å². The second kappa shape index (κ2) is 5.83. The molecule has 0 radical (unpaired) electrons. The zero-order valence-electron chi connectivity index (χ0n) is 11.9. The summed E-state index contributed by atoms with van der Waals surface area (Å²) in [4.78, 5) is 39.4. The lowest BCUT2D eigenvalue weighted by Gasteiger charge is -2.17. The molecule has 1 atom stereocenters. The molecule has 6 heteroatoms. The molecule has 1 aromatic heterocycles. The average molecular weight is 294 g/mol. The number of carbonyl (C=O) groups excluding carboxylic acids is 2. The predicted octanol–water partition coefficient (Wildman–Crippen LogP) is 1.37. The number of rotatable bonds is 3. The summed E-state index contributed by atoms with van der Waals surface area (Å²) in [7, 11) is 0. The van der Waals surface area contributed by atoms with Crippen LogP contribution in [0.25, 0.3) is 0 Å². The number of hydrogen-bond donors (Lipinski definition) is 1. The highest BCUT2D eigenvalue weighted by Crippen LogP contribution is 2.25. The van der Waals surface area contributed by atoms with Gasteiger partial charge in [-0.05, 0) is 25.5 Å². The van der Waals surface area contributed by atoms with Gasteiger partial charge in [-0.3, -0.25) is 14.4 Å². The number of likely N-dealkylation sites (tertiary alicyclic amines) is 1. The summed E-state index contributed by atoms with van der Waals surface area (Å²) in [6.45, 7) is 6.05. The first-order valence-corrected chi connectivity index (χ1v) is 7.39. The lowest BCUT2D eigenvalue weighted by Crippen LogP contribution is -2.29. The molecule has 0 spiro atoms. The van der Waals surface area contributed by atoms with Crippen LogP contribution in [0.3, 0.4) is 0 Å². The minimum atomic E-state index is -0.141. The molecule has 1 unspecified atom stereocenters. The van der Waals surface area contributed by atoms with Gasteiger partial charge in [0, 0.05) is 36.4 Å². The molecular formula is C14H18N2O3S. The highest BCUT2D eigenvalue weighted by molar-refractivity contribution is 8.14. The third-order valence-corrected chi connectivity index (χ3v) is 4.34. The Morgan fingerprint density at radius 2 is 2.15 bits per heavy atom. The molecule has 1 fully saturated rings. The van der Waals surface area contributed by atoms with Crippen LogP contribution >= 0.6 is 11.8 Å². The first-order chi connectivity index (χ1) is 9.36. The maximum atomic E-state index is 12.0. The number of carbonyl (C=O) groups is 2. The minimum absolute atomic E-state index is 0.00289. The van der Waals surface area contributed by atoms with Crippen LogP contribution in [0.2, 0.25) is 0 Å². The fourth-order valence-corrected chi connectivity index (χ4v) is 3.42. The monoisotopic (exact) mass is 294 g/mol. The van der Waals surface area contributed by atoms with E-state index < -0.39 is 0 Å². The van der Waals surface area contributed by atoms with Crippen molar-refractivity contribution in [3.05, 3.63) is 33.2 Å². The van der Waals surface area contributed by atoms with Crippen LogP contribution in [-0.4, -0.2) is 32.7 Å². The van der Waals surface area contributed by atoms with Gasteiger partial charge in [-0.2, -0.15) is 0 Å². The molecule has 0 bridgehead atoms. The van der Waals surface area contributed by atoms with E-state index in [9.17, 15) is 14.4 Å². The van der Waals surface area contributed by atoms with Crippen molar-refractivity contribution in [2.45, 2.75) is 39.0 Å². The van der Waals surface area contributed by atoms with Crippen molar-refractivity contribution in [2.75, 3.05) is 6.54 Å². The van der Waals surface area contributed by atoms with Crippen LogP contribution in [0.5, 0.6) is 0 Å². The van der Waals surface area contributed by atoms with Crippen molar-refractivity contribution >= 4 is 22.8 Å². The number of pyridine rings is 1. The summed E-state index contributed by atoms with van der Waals surface area (Å²) in [5.74, 6) is 0.00289. The zero-order chi connectivity index (χ0) is 14.9. The molecule has 20 heavy (non-hydrogen) atoms. The fraction of sp³-hybridized carbons (Fsp3) is 0.500. The molecule has 1 amide bonds. The van der Waals surface area contributed by atoms with Crippen LogP contribution in [0.1, 0.15) is 30.2 Å². The number of thioether (sulfide) groups is 1. The number of hydrogen-bond acceptors (Lipinski definition) is 4. The Balaban J connectivity index is 2.13. The van der Waals surface area contributed by atoms with Crippen molar-refractivity contribution in [2.24, 2.45) is 0 Å². The van der Waals surface area contributed by atoms with Crippen LogP contribution in [0.15, 0.2) is 10.9 Å². The molecule has 1 saturated heterocycles. The Labute approximate surface area is 121 Å². The number of amides is 1. The van der Waals surface area contributed by atoms with Crippen molar-refractivity contribution in [3.8, 4) is 0 Å². The maximum absolute atomic E-state index is 12.0. The number of nitrogens with zero attached hydrogens (tertiary/aromatic N) is 1. The van der Waals surface area contributed by atoms with Crippen molar-refractivity contribution in [1.82, 2.24) is 9.88 Å². The second-order valence-electron chi connectivity index (χ2n) is 5.15. The topological polar surface area (TPSA) is 70.2 Å². The molecule has 1 aliphatic rings. The van der Waals surface area contributed by atoms with E-state index in [4.69, 9.17) is 0 Å². The molecule has 2 rings (SSSR count). The third-order valence-electron chi connectivity index (χ3n) is 3.35. The predicted molar refractivity (Wildman–Crippen MR) is 78.6 cm³/mol. The van der Waals surface area contributed by atoms with Gasteiger partial charge in [0.25, 0.3) is 5.56 Å². The smallest absolute Gasteiger partial charge is 0.253 e. The van der Waals surface area contributed by atoms with Gasteiger partial charge < -0.3 is 9.88 Å². The van der Waals surface area contributed by atoms with Gasteiger partial charge >= 0.3 is 0 Å². The number of aryl methyl sites for hydroxylation is 2. The molecule has 5 nitrogen and oxygen atoms in total. The first-order valence-electron chi connectivity index (χ1n) is 6.51. The third kappa shape index (κ3) is 3.30. The Kier molecular flexibility index (Phi) is 4.32. The SMILES string of the molecule is CC(=O)SC1CC(=O)N(Cc2c(C)cc(C)[nH]c2=O)C1. The van der Waals surface area contributed by atoms with Crippen LogP contribution < -0.4 is 5.56 Å². The molecule has 0 saturated carbocycles. The molecule has 2 heterocycles. The van der Waals surface area contributed by atoms with E-state index in [1.165, 1.54) is 18.7 Å². The minimum Gasteiger partial charge on any atom is -0.337 e. The summed E-state index contributed by atoms with van der Waals surface area (Å²) < 4.78 is 0. The lowest BCUT2D eigenvalue weighted by atomic mass is 10.1. The molecular weight excluding hydrogens is 276 g/mol. The summed E-state index contributed by atoms with van der Waals surface area (Å²) in [5.41, 5.74) is 2.19. The van der Waals surface area contributed by atoms with E-state index in [-0.39, 0.29) is 21.8 Å². The van der Waals surface area contributed by atoms with Gasteiger partial charge in [-0.15, -0.1) is 0 Å². The fourth-order valence-electron chi connectivity index (χ4n) is 2.47. The Morgan fingerprint density at radius 3 is 2.75 bits per heavy atom. The molecule has 0 aromatic carbocycles. The largest absolute Gasteiger partial charge is 0.337 e. The van der Waals surface area contributed by atoms with Crippen molar-refractivity contribution in [3.63, 3.8) is 0 Å². The summed E-state index contributed by atoms with van der Waals surface area (Å²) in [6.07, 6.45) is 0.368. The second-order valence-corrected chi connectivity index (χ2v) is 6.63. The zero-order valence-corrected chi connectivity index (χ0v) is 12.7. The lowest BCUT2D eigenvalue weighted by molar-refractivity contribution is -0.128. The van der Waals surface area contributed by atoms with Gasteiger partial charge in [0.15, 0.2) is 5.12 Å². The van der Waals surface area contributed by atoms with E-state index >= 15 is 0 Å². The van der Waals surface area contributed by atoms with Crippen LogP contribution in [-0.2, 0) is 16.1 Å². The Bertz CT molecular complexity index is 609. The molecule has 108 valence electrons.